The molecule has 1 aromatic carbocycles. The van der Waals surface area contributed by atoms with Crippen molar-refractivity contribution in [1.82, 2.24) is 5.32 Å². The van der Waals surface area contributed by atoms with Gasteiger partial charge in [-0.25, -0.2) is 4.79 Å². The van der Waals surface area contributed by atoms with Crippen molar-refractivity contribution in [3.63, 3.8) is 0 Å². The van der Waals surface area contributed by atoms with Crippen molar-refractivity contribution >= 4 is 11.9 Å². The van der Waals surface area contributed by atoms with Crippen LogP contribution in [0.25, 0.3) is 0 Å². The Balaban J connectivity index is 1.88. The van der Waals surface area contributed by atoms with Crippen LogP contribution < -0.4 is 11.1 Å². The molecule has 0 fully saturated rings. The van der Waals surface area contributed by atoms with Crippen molar-refractivity contribution in [3.05, 3.63) is 29.3 Å². The van der Waals surface area contributed by atoms with E-state index in [0.717, 1.165) is 24.0 Å². The average Bonchev–Trinajstić information content (AvgIpc) is 2.78. The number of nitrogens with one attached hydrogen (secondary N) is 1. The molecule has 2 rings (SSSR count). The molecule has 20 heavy (non-hydrogen) atoms. The van der Waals surface area contributed by atoms with Crippen LogP contribution in [0.2, 0.25) is 0 Å². The van der Waals surface area contributed by atoms with Gasteiger partial charge in [-0.2, -0.15) is 0 Å². The minimum atomic E-state index is -0.811. The van der Waals surface area contributed by atoms with Crippen LogP contribution in [-0.4, -0.2) is 29.6 Å². The third kappa shape index (κ3) is 3.34. The lowest BCUT2D eigenvalue weighted by Gasteiger charge is -2.13. The summed E-state index contributed by atoms with van der Waals surface area (Å²) in [6.07, 6.45) is 1.68. The number of ether oxygens (including phenoxy) is 1. The number of fused-ring (bicyclic) bond motifs is 1. The zero-order valence-corrected chi connectivity index (χ0v) is 11.3. The van der Waals surface area contributed by atoms with Gasteiger partial charge in [0.05, 0.1) is 6.54 Å². The fraction of sp³-hybridized carbons (Fsp3) is 0.429. The molecule has 0 bridgehead atoms. The van der Waals surface area contributed by atoms with Gasteiger partial charge in [0.15, 0.2) is 0 Å². The van der Waals surface area contributed by atoms with Gasteiger partial charge in [-0.15, -0.1) is 0 Å². The topological polar surface area (TPSA) is 102 Å². The number of carbonyl (C=O) groups is 2. The fourth-order valence-corrected chi connectivity index (χ4v) is 2.26. The van der Waals surface area contributed by atoms with E-state index in [1.54, 1.807) is 12.1 Å². The first-order chi connectivity index (χ1) is 9.47. The number of phenols is 1. The largest absolute Gasteiger partial charge is 0.508 e. The molecule has 0 saturated heterocycles. The lowest BCUT2D eigenvalue weighted by atomic mass is 10.1. The molecule has 1 aliphatic rings. The van der Waals surface area contributed by atoms with Crippen LogP contribution in [0.3, 0.4) is 0 Å². The predicted octanol–water partition coefficient (Wildman–Crippen LogP) is 0.386. The van der Waals surface area contributed by atoms with Gasteiger partial charge in [0.25, 0.3) is 0 Å². The molecule has 1 unspecified atom stereocenters. The normalized spacial score (nSPS) is 18.4. The summed E-state index contributed by atoms with van der Waals surface area (Å²) in [7, 11) is 0. The number of phenolic OH excluding ortho intramolecular Hbond substituents is 1. The van der Waals surface area contributed by atoms with Gasteiger partial charge in [-0.3, -0.25) is 4.79 Å². The highest BCUT2D eigenvalue weighted by Crippen LogP contribution is 2.32. The average molecular weight is 278 g/mol. The van der Waals surface area contributed by atoms with E-state index in [1.165, 1.54) is 6.92 Å². The van der Waals surface area contributed by atoms with Crippen molar-refractivity contribution in [1.29, 1.82) is 0 Å². The Morgan fingerprint density at radius 3 is 3.00 bits per heavy atom. The Morgan fingerprint density at radius 1 is 1.55 bits per heavy atom. The third-order valence-electron chi connectivity index (χ3n) is 3.28. The third-order valence-corrected chi connectivity index (χ3v) is 3.28. The molecule has 0 spiro atoms. The van der Waals surface area contributed by atoms with E-state index in [0.29, 0.717) is 0 Å². The smallest absolute Gasteiger partial charge is 0.330 e. The highest BCUT2D eigenvalue weighted by molar-refractivity contribution is 5.88. The summed E-state index contributed by atoms with van der Waals surface area (Å²) >= 11 is 0. The van der Waals surface area contributed by atoms with Crippen LogP contribution in [0.5, 0.6) is 5.75 Å². The molecule has 6 nitrogen and oxygen atoms in total. The molecule has 0 aliphatic heterocycles. The summed E-state index contributed by atoms with van der Waals surface area (Å²) in [5.41, 5.74) is 7.44. The fourth-order valence-electron chi connectivity index (χ4n) is 2.26. The minimum Gasteiger partial charge on any atom is -0.508 e. The number of esters is 2. The lowest BCUT2D eigenvalue weighted by molar-refractivity contribution is -0.159. The van der Waals surface area contributed by atoms with E-state index in [-0.39, 0.29) is 18.3 Å². The Bertz CT molecular complexity index is 528. The standard InChI is InChI=1S/C14H18N2O4/c1-8(15)14(19)20-13(18)7-16-12-5-2-9-6-10(17)3-4-11(9)12/h3-4,6,8,12,16-17H,2,5,7,15H2,1H3/t8-,12?/m0/s1. The second kappa shape index (κ2) is 6.02. The van der Waals surface area contributed by atoms with Gasteiger partial charge in [0.1, 0.15) is 11.8 Å². The first-order valence-electron chi connectivity index (χ1n) is 6.52. The van der Waals surface area contributed by atoms with Crippen LogP contribution in [0.4, 0.5) is 0 Å². The van der Waals surface area contributed by atoms with Crippen molar-refractivity contribution in [3.8, 4) is 5.75 Å². The van der Waals surface area contributed by atoms with Crippen LogP contribution in [0, 0.1) is 0 Å². The van der Waals surface area contributed by atoms with E-state index in [9.17, 15) is 14.7 Å². The van der Waals surface area contributed by atoms with Gasteiger partial charge in [0.2, 0.25) is 0 Å². The van der Waals surface area contributed by atoms with Crippen LogP contribution in [-0.2, 0) is 20.7 Å². The van der Waals surface area contributed by atoms with Crippen LogP contribution in [0.1, 0.15) is 30.5 Å². The van der Waals surface area contributed by atoms with Gasteiger partial charge in [0, 0.05) is 6.04 Å². The maximum atomic E-state index is 11.5. The monoisotopic (exact) mass is 278 g/mol. The molecule has 108 valence electrons. The molecule has 0 radical (unpaired) electrons. The molecule has 0 aromatic heterocycles. The maximum absolute atomic E-state index is 11.5. The number of rotatable bonds is 4. The van der Waals surface area contributed by atoms with Gasteiger partial charge >= 0.3 is 11.9 Å². The predicted molar refractivity (Wildman–Crippen MR) is 71.9 cm³/mol. The molecular weight excluding hydrogens is 260 g/mol. The van der Waals surface area contributed by atoms with E-state index in [2.05, 4.69) is 10.1 Å². The van der Waals surface area contributed by atoms with E-state index >= 15 is 0 Å². The Kier molecular flexibility index (Phi) is 4.36. The summed E-state index contributed by atoms with van der Waals surface area (Å²) in [6, 6.07) is 4.41. The number of aromatic hydroxyl groups is 1. The summed E-state index contributed by atoms with van der Waals surface area (Å²) in [5.74, 6) is -1.13. The Morgan fingerprint density at radius 2 is 2.30 bits per heavy atom. The number of hydrogen-bond acceptors (Lipinski definition) is 6. The molecular formula is C14H18N2O4. The molecule has 0 amide bonds. The molecule has 4 N–H and O–H groups in total. The van der Waals surface area contributed by atoms with Gasteiger partial charge < -0.3 is 20.9 Å². The molecule has 1 aromatic rings. The van der Waals surface area contributed by atoms with E-state index < -0.39 is 18.0 Å². The summed E-state index contributed by atoms with van der Waals surface area (Å²) in [5, 5.41) is 12.5. The highest BCUT2D eigenvalue weighted by atomic mass is 16.6. The van der Waals surface area contributed by atoms with Crippen molar-refractivity contribution in [2.75, 3.05) is 6.54 Å². The summed E-state index contributed by atoms with van der Waals surface area (Å²) in [4.78, 5) is 22.6. The SMILES string of the molecule is C[C@H](N)C(=O)OC(=O)CNC1CCc2cc(O)ccc21. The highest BCUT2D eigenvalue weighted by Gasteiger charge is 2.23. The Labute approximate surface area is 116 Å². The first-order valence-corrected chi connectivity index (χ1v) is 6.52. The lowest BCUT2D eigenvalue weighted by Crippen LogP contribution is -2.34. The minimum absolute atomic E-state index is 0.0311. The number of carbonyl (C=O) groups excluding carboxylic acids is 2. The molecule has 6 heteroatoms. The van der Waals surface area contributed by atoms with Crippen molar-refractivity contribution < 1.29 is 19.4 Å². The van der Waals surface area contributed by atoms with Crippen LogP contribution >= 0.6 is 0 Å². The number of benzene rings is 1. The van der Waals surface area contributed by atoms with E-state index in [4.69, 9.17) is 5.73 Å². The second-order valence-corrected chi connectivity index (χ2v) is 4.94. The van der Waals surface area contributed by atoms with Gasteiger partial charge in [-0.1, -0.05) is 6.07 Å². The number of hydrogen-bond donors (Lipinski definition) is 3. The van der Waals surface area contributed by atoms with Crippen molar-refractivity contribution in [2.24, 2.45) is 5.73 Å². The quantitative estimate of drug-likeness (QED) is 0.544. The molecule has 1 aliphatic carbocycles. The molecule has 0 saturated carbocycles. The number of nitrogens with two attached hydrogens (primary N) is 1. The maximum Gasteiger partial charge on any atom is 0.330 e. The first kappa shape index (κ1) is 14.5. The van der Waals surface area contributed by atoms with Gasteiger partial charge in [-0.05, 0) is 43.0 Å². The molecule has 0 heterocycles. The Hall–Kier alpha value is -1.92. The summed E-state index contributed by atoms with van der Waals surface area (Å²) < 4.78 is 4.57. The summed E-state index contributed by atoms with van der Waals surface area (Å²) in [6.45, 7) is 1.41. The van der Waals surface area contributed by atoms with Crippen molar-refractivity contribution in [2.45, 2.75) is 31.8 Å². The zero-order valence-electron chi connectivity index (χ0n) is 11.3. The second-order valence-electron chi connectivity index (χ2n) is 4.94. The van der Waals surface area contributed by atoms with Crippen LogP contribution in [0.15, 0.2) is 18.2 Å². The molecule has 2 atom stereocenters. The van der Waals surface area contributed by atoms with E-state index in [1.807, 2.05) is 6.07 Å². The number of aryl methyl sites for hydroxylation is 1. The zero-order chi connectivity index (χ0) is 14.7.